The van der Waals surface area contributed by atoms with E-state index in [2.05, 4.69) is 46.5 Å². The molecule has 0 aliphatic rings. The maximum atomic E-state index is 4.35. The largest absolute Gasteiger partial charge is 0.347 e. The monoisotopic (exact) mass is 229 g/mol. The van der Waals surface area contributed by atoms with E-state index in [1.807, 2.05) is 12.3 Å². The minimum atomic E-state index is 0.271. The molecule has 1 aromatic carbocycles. The van der Waals surface area contributed by atoms with Crippen LogP contribution in [0.2, 0.25) is 0 Å². The van der Waals surface area contributed by atoms with E-state index in [9.17, 15) is 0 Å². The van der Waals surface area contributed by atoms with Crippen LogP contribution in [0.1, 0.15) is 30.8 Å². The van der Waals surface area contributed by atoms with Gasteiger partial charge in [-0.25, -0.2) is 4.98 Å². The Bertz CT molecular complexity index is 408. The molecule has 2 N–H and O–H groups in total. The summed E-state index contributed by atoms with van der Waals surface area (Å²) >= 11 is 0. The van der Waals surface area contributed by atoms with E-state index in [-0.39, 0.29) is 6.04 Å². The van der Waals surface area contributed by atoms with Crippen molar-refractivity contribution in [1.82, 2.24) is 15.3 Å². The van der Waals surface area contributed by atoms with Crippen LogP contribution in [-0.2, 0) is 6.42 Å². The Balaban J connectivity index is 2.06. The van der Waals surface area contributed by atoms with Gasteiger partial charge in [-0.1, -0.05) is 37.3 Å². The molecule has 3 heteroatoms. The predicted molar refractivity (Wildman–Crippen MR) is 69.8 cm³/mol. The Morgan fingerprint density at radius 3 is 2.76 bits per heavy atom. The third kappa shape index (κ3) is 3.43. The van der Waals surface area contributed by atoms with Gasteiger partial charge >= 0.3 is 0 Å². The molecule has 2 aromatic rings. The average molecular weight is 229 g/mol. The summed E-state index contributed by atoms with van der Waals surface area (Å²) in [6.07, 6.45) is 5.78. The zero-order valence-corrected chi connectivity index (χ0v) is 10.2. The lowest BCUT2D eigenvalue weighted by molar-refractivity contribution is 0.508. The molecule has 0 amide bonds. The lowest BCUT2D eigenvalue weighted by Gasteiger charge is -2.16. The summed E-state index contributed by atoms with van der Waals surface area (Å²) in [6, 6.07) is 10.8. The molecule has 0 aliphatic carbocycles. The van der Waals surface area contributed by atoms with Crippen LogP contribution in [0.15, 0.2) is 42.7 Å². The van der Waals surface area contributed by atoms with Gasteiger partial charge in [-0.05, 0) is 24.9 Å². The van der Waals surface area contributed by atoms with Crippen molar-refractivity contribution in [2.75, 3.05) is 6.54 Å². The van der Waals surface area contributed by atoms with Gasteiger partial charge in [0.15, 0.2) is 0 Å². The molecular weight excluding hydrogens is 210 g/mol. The van der Waals surface area contributed by atoms with Crippen LogP contribution in [0.5, 0.6) is 0 Å². The fourth-order valence-electron chi connectivity index (χ4n) is 1.90. The first-order valence-corrected chi connectivity index (χ1v) is 6.16. The van der Waals surface area contributed by atoms with Crippen molar-refractivity contribution < 1.29 is 0 Å². The Labute approximate surface area is 102 Å². The molecule has 3 nitrogen and oxygen atoms in total. The van der Waals surface area contributed by atoms with E-state index in [4.69, 9.17) is 0 Å². The minimum absolute atomic E-state index is 0.271. The van der Waals surface area contributed by atoms with E-state index in [1.165, 1.54) is 5.56 Å². The average Bonchev–Trinajstić information content (AvgIpc) is 2.89. The number of hydrogen-bond acceptors (Lipinski definition) is 2. The smallest absolute Gasteiger partial charge is 0.123 e. The number of imidazole rings is 1. The van der Waals surface area contributed by atoms with Gasteiger partial charge in [0.1, 0.15) is 5.82 Å². The maximum absolute atomic E-state index is 4.35. The highest BCUT2D eigenvalue weighted by Gasteiger charge is 2.13. The quantitative estimate of drug-likeness (QED) is 0.799. The summed E-state index contributed by atoms with van der Waals surface area (Å²) in [4.78, 5) is 7.54. The summed E-state index contributed by atoms with van der Waals surface area (Å²) in [5.74, 6) is 1.02. The summed E-state index contributed by atoms with van der Waals surface area (Å²) in [7, 11) is 0. The molecule has 1 unspecified atom stereocenters. The Hall–Kier alpha value is -1.61. The van der Waals surface area contributed by atoms with Crippen LogP contribution in [0.4, 0.5) is 0 Å². The number of hydrogen-bond donors (Lipinski definition) is 2. The number of aromatic nitrogens is 2. The van der Waals surface area contributed by atoms with Crippen molar-refractivity contribution in [3.63, 3.8) is 0 Å². The molecule has 90 valence electrons. The van der Waals surface area contributed by atoms with Crippen molar-refractivity contribution in [3.8, 4) is 0 Å². The van der Waals surface area contributed by atoms with Crippen LogP contribution in [-0.4, -0.2) is 16.5 Å². The van der Waals surface area contributed by atoms with Gasteiger partial charge < -0.3 is 10.3 Å². The highest BCUT2D eigenvalue weighted by Crippen LogP contribution is 2.14. The van der Waals surface area contributed by atoms with E-state index < -0.39 is 0 Å². The van der Waals surface area contributed by atoms with Crippen molar-refractivity contribution in [1.29, 1.82) is 0 Å². The Morgan fingerprint density at radius 1 is 1.29 bits per heavy atom. The highest BCUT2D eigenvalue weighted by atomic mass is 15.0. The Kier molecular flexibility index (Phi) is 4.33. The molecule has 0 saturated heterocycles. The summed E-state index contributed by atoms with van der Waals surface area (Å²) in [5, 5.41) is 3.53. The number of benzene rings is 1. The van der Waals surface area contributed by atoms with Gasteiger partial charge in [0, 0.05) is 12.4 Å². The molecule has 1 heterocycles. The Morgan fingerprint density at radius 2 is 2.12 bits per heavy atom. The van der Waals surface area contributed by atoms with Crippen molar-refractivity contribution in [2.24, 2.45) is 0 Å². The molecule has 0 spiro atoms. The van der Waals surface area contributed by atoms with E-state index in [0.717, 1.165) is 25.2 Å². The number of rotatable bonds is 6. The van der Waals surface area contributed by atoms with E-state index in [0.29, 0.717) is 0 Å². The van der Waals surface area contributed by atoms with Crippen molar-refractivity contribution in [3.05, 3.63) is 54.1 Å². The first-order chi connectivity index (χ1) is 8.40. The van der Waals surface area contributed by atoms with Crippen LogP contribution in [0, 0.1) is 0 Å². The second-order valence-electron chi connectivity index (χ2n) is 4.17. The lowest BCUT2D eigenvalue weighted by Crippen LogP contribution is -2.25. The third-order valence-corrected chi connectivity index (χ3v) is 2.77. The summed E-state index contributed by atoms with van der Waals surface area (Å²) < 4.78 is 0. The van der Waals surface area contributed by atoms with Crippen LogP contribution in [0.3, 0.4) is 0 Å². The molecule has 17 heavy (non-hydrogen) atoms. The van der Waals surface area contributed by atoms with Gasteiger partial charge in [-0.3, -0.25) is 0 Å². The second kappa shape index (κ2) is 6.21. The van der Waals surface area contributed by atoms with E-state index >= 15 is 0 Å². The zero-order valence-electron chi connectivity index (χ0n) is 10.2. The normalized spacial score (nSPS) is 12.5. The minimum Gasteiger partial charge on any atom is -0.347 e. The number of H-pyrrole nitrogens is 1. The molecule has 1 aromatic heterocycles. The van der Waals surface area contributed by atoms with Gasteiger partial charge in [0.25, 0.3) is 0 Å². The van der Waals surface area contributed by atoms with Gasteiger partial charge in [0.05, 0.1) is 6.04 Å². The van der Waals surface area contributed by atoms with Crippen LogP contribution in [0.25, 0.3) is 0 Å². The summed E-state index contributed by atoms with van der Waals surface area (Å²) in [5.41, 5.74) is 1.33. The first kappa shape index (κ1) is 11.9. The molecule has 1 atom stereocenters. The highest BCUT2D eigenvalue weighted by molar-refractivity contribution is 5.17. The van der Waals surface area contributed by atoms with Gasteiger partial charge in [0.2, 0.25) is 0 Å². The zero-order chi connectivity index (χ0) is 11.9. The number of nitrogens with zero attached hydrogens (tertiary/aromatic N) is 1. The molecule has 0 bridgehead atoms. The number of nitrogens with one attached hydrogen (secondary N) is 2. The lowest BCUT2D eigenvalue weighted by atomic mass is 10.1. The first-order valence-electron chi connectivity index (χ1n) is 6.16. The fourth-order valence-corrected chi connectivity index (χ4v) is 1.90. The summed E-state index contributed by atoms with van der Waals surface area (Å²) in [6.45, 7) is 3.19. The van der Waals surface area contributed by atoms with Gasteiger partial charge in [-0.15, -0.1) is 0 Å². The van der Waals surface area contributed by atoms with Gasteiger partial charge in [-0.2, -0.15) is 0 Å². The SMILES string of the molecule is CCCNC(Cc1ccccc1)c1ncc[nH]1. The number of aromatic amines is 1. The van der Waals surface area contributed by atoms with Crippen LogP contribution < -0.4 is 5.32 Å². The van der Waals surface area contributed by atoms with Crippen molar-refractivity contribution in [2.45, 2.75) is 25.8 Å². The molecule has 0 saturated carbocycles. The van der Waals surface area contributed by atoms with E-state index in [1.54, 1.807) is 6.20 Å². The van der Waals surface area contributed by atoms with Crippen LogP contribution >= 0.6 is 0 Å². The predicted octanol–water partition coefficient (Wildman–Crippen LogP) is 2.69. The molecule has 2 rings (SSSR count). The molecule has 0 radical (unpaired) electrons. The molecule has 0 fully saturated rings. The topological polar surface area (TPSA) is 40.7 Å². The standard InChI is InChI=1S/C14H19N3/c1-2-8-15-13(14-16-9-10-17-14)11-12-6-4-3-5-7-12/h3-7,9-10,13,15H,2,8,11H2,1H3,(H,16,17). The fraction of sp³-hybridized carbons (Fsp3) is 0.357. The molecular formula is C14H19N3. The third-order valence-electron chi connectivity index (χ3n) is 2.77. The molecule has 0 aliphatic heterocycles. The van der Waals surface area contributed by atoms with Crippen molar-refractivity contribution >= 4 is 0 Å². The second-order valence-corrected chi connectivity index (χ2v) is 4.17. The maximum Gasteiger partial charge on any atom is 0.123 e.